The Hall–Kier alpha value is -2.79. The van der Waals surface area contributed by atoms with Gasteiger partial charge in [0.15, 0.2) is 12.4 Å². The number of carboxylic acids is 1. The van der Waals surface area contributed by atoms with Crippen molar-refractivity contribution in [3.8, 4) is 12.4 Å². The van der Waals surface area contributed by atoms with Crippen molar-refractivity contribution in [2.45, 2.75) is 0 Å². The molecule has 0 spiro atoms. The van der Waals surface area contributed by atoms with E-state index in [0.29, 0.717) is 11.3 Å². The summed E-state index contributed by atoms with van der Waals surface area (Å²) in [6.45, 7) is 0. The van der Waals surface area contributed by atoms with Gasteiger partial charge >= 0.3 is 5.97 Å². The minimum absolute atomic E-state index is 0.442. The van der Waals surface area contributed by atoms with Gasteiger partial charge in [-0.05, 0) is 23.8 Å². The first-order valence-electron chi connectivity index (χ1n) is 4.28. The normalized spacial score (nSPS) is 9.38. The van der Waals surface area contributed by atoms with Gasteiger partial charge in [-0.3, -0.25) is 0 Å². The lowest BCUT2D eigenvalue weighted by atomic mass is 10.2. The first kappa shape index (κ1) is 11.3. The fourth-order valence-corrected chi connectivity index (χ4v) is 1.04. The largest absolute Gasteiger partial charge is 0.478 e. The van der Waals surface area contributed by atoms with Crippen LogP contribution in [0.1, 0.15) is 5.56 Å². The van der Waals surface area contributed by atoms with E-state index in [1.807, 2.05) is 0 Å². The molecule has 0 aliphatic rings. The Morgan fingerprint density at radius 1 is 1.25 bits per heavy atom. The van der Waals surface area contributed by atoms with Crippen molar-refractivity contribution in [3.63, 3.8) is 0 Å². The van der Waals surface area contributed by atoms with E-state index in [9.17, 15) is 4.79 Å². The van der Waals surface area contributed by atoms with Crippen LogP contribution in [-0.4, -0.2) is 11.1 Å². The SMILES string of the molecule is N#CN(C#N)c1ccc(/C=C/C(=O)O)cc1. The van der Waals surface area contributed by atoms with Gasteiger partial charge in [-0.25, -0.2) is 4.79 Å². The average molecular weight is 213 g/mol. The minimum atomic E-state index is -1.03. The molecule has 0 fully saturated rings. The summed E-state index contributed by atoms with van der Waals surface area (Å²) >= 11 is 0. The van der Waals surface area contributed by atoms with Gasteiger partial charge in [0.05, 0.1) is 5.69 Å². The van der Waals surface area contributed by atoms with Crippen LogP contribution in [0.3, 0.4) is 0 Å². The third-order valence-corrected chi connectivity index (χ3v) is 1.77. The van der Waals surface area contributed by atoms with E-state index in [2.05, 4.69) is 0 Å². The smallest absolute Gasteiger partial charge is 0.328 e. The molecule has 0 atom stereocenters. The Bertz CT molecular complexity index is 477. The van der Waals surface area contributed by atoms with Gasteiger partial charge in [-0.15, -0.1) is 0 Å². The lowest BCUT2D eigenvalue weighted by Crippen LogP contribution is -2.06. The van der Waals surface area contributed by atoms with Gasteiger partial charge in [0.2, 0.25) is 0 Å². The average Bonchev–Trinajstić information content (AvgIpc) is 2.29. The highest BCUT2D eigenvalue weighted by atomic mass is 16.4. The second kappa shape index (κ2) is 5.18. The van der Waals surface area contributed by atoms with Crippen LogP contribution < -0.4 is 4.90 Å². The number of carboxylic acid groups (broad SMARTS) is 1. The zero-order chi connectivity index (χ0) is 12.0. The molecule has 5 heteroatoms. The Balaban J connectivity index is 2.89. The standard InChI is InChI=1S/C11H7N3O2/c12-7-14(8-13)10-4-1-9(2-5-10)3-6-11(15)16/h1-6H,(H,15,16)/b6-3+. The lowest BCUT2D eigenvalue weighted by molar-refractivity contribution is -0.131. The van der Waals surface area contributed by atoms with E-state index in [1.54, 1.807) is 36.7 Å². The van der Waals surface area contributed by atoms with Crippen molar-refractivity contribution in [1.82, 2.24) is 0 Å². The topological polar surface area (TPSA) is 88.1 Å². The molecule has 0 saturated carbocycles. The predicted octanol–water partition coefficient (Wildman–Crippen LogP) is 1.55. The molecule has 1 rings (SSSR count). The van der Waals surface area contributed by atoms with Gasteiger partial charge in [-0.1, -0.05) is 12.1 Å². The number of benzene rings is 1. The number of anilines is 1. The summed E-state index contributed by atoms with van der Waals surface area (Å²) in [5.74, 6) is -1.03. The molecule has 5 nitrogen and oxygen atoms in total. The highest BCUT2D eigenvalue weighted by Gasteiger charge is 2.02. The van der Waals surface area contributed by atoms with Crippen molar-refractivity contribution < 1.29 is 9.90 Å². The van der Waals surface area contributed by atoms with Gasteiger partial charge in [0, 0.05) is 6.08 Å². The van der Waals surface area contributed by atoms with Crippen LogP contribution in [0.5, 0.6) is 0 Å². The zero-order valence-electron chi connectivity index (χ0n) is 8.16. The van der Waals surface area contributed by atoms with E-state index >= 15 is 0 Å². The van der Waals surface area contributed by atoms with Crippen LogP contribution in [0, 0.1) is 22.9 Å². The lowest BCUT2D eigenvalue weighted by Gasteiger charge is -2.04. The van der Waals surface area contributed by atoms with Gasteiger partial charge in [0.25, 0.3) is 0 Å². The van der Waals surface area contributed by atoms with Gasteiger partial charge in [0.1, 0.15) is 0 Å². The summed E-state index contributed by atoms with van der Waals surface area (Å²) in [5, 5.41) is 25.6. The van der Waals surface area contributed by atoms with Gasteiger partial charge < -0.3 is 5.11 Å². The van der Waals surface area contributed by atoms with Crippen LogP contribution in [0.4, 0.5) is 5.69 Å². The van der Waals surface area contributed by atoms with E-state index < -0.39 is 5.97 Å². The Kier molecular flexibility index (Phi) is 3.65. The molecule has 0 unspecified atom stereocenters. The maximum absolute atomic E-state index is 10.3. The number of carbonyl (C=O) groups is 1. The highest BCUT2D eigenvalue weighted by Crippen LogP contribution is 2.14. The molecule has 0 aliphatic carbocycles. The summed E-state index contributed by atoms with van der Waals surface area (Å²) in [4.78, 5) is 11.1. The number of aliphatic carboxylic acids is 1. The highest BCUT2D eigenvalue weighted by molar-refractivity contribution is 5.85. The van der Waals surface area contributed by atoms with E-state index in [0.717, 1.165) is 11.0 Å². The maximum Gasteiger partial charge on any atom is 0.328 e. The van der Waals surface area contributed by atoms with E-state index in [4.69, 9.17) is 15.6 Å². The quantitative estimate of drug-likeness (QED) is 0.467. The second-order valence-corrected chi connectivity index (χ2v) is 2.80. The van der Waals surface area contributed by atoms with Crippen molar-refractivity contribution in [2.75, 3.05) is 4.90 Å². The van der Waals surface area contributed by atoms with Crippen LogP contribution in [0.15, 0.2) is 30.3 Å². The van der Waals surface area contributed by atoms with Crippen molar-refractivity contribution in [1.29, 1.82) is 10.5 Å². The summed E-state index contributed by atoms with van der Waals surface area (Å²) in [7, 11) is 0. The fraction of sp³-hybridized carbons (Fsp3) is 0. The number of hydrogen-bond donors (Lipinski definition) is 1. The minimum Gasteiger partial charge on any atom is -0.478 e. The van der Waals surface area contributed by atoms with Crippen LogP contribution in [0.2, 0.25) is 0 Å². The molecule has 0 radical (unpaired) electrons. The molecule has 0 saturated heterocycles. The maximum atomic E-state index is 10.3. The Labute approximate surface area is 92.1 Å². The van der Waals surface area contributed by atoms with E-state index in [-0.39, 0.29) is 0 Å². The molecule has 1 N–H and O–H groups in total. The monoisotopic (exact) mass is 213 g/mol. The summed E-state index contributed by atoms with van der Waals surface area (Å²) in [5.41, 5.74) is 1.12. The molecule has 0 heterocycles. The first-order chi connectivity index (χ1) is 7.67. The van der Waals surface area contributed by atoms with E-state index in [1.165, 1.54) is 6.08 Å². The van der Waals surface area contributed by atoms with Crippen molar-refractivity contribution in [2.24, 2.45) is 0 Å². The summed E-state index contributed by atoms with van der Waals surface area (Å²) < 4.78 is 0. The molecule has 0 bridgehead atoms. The molecule has 0 aliphatic heterocycles. The Morgan fingerprint density at radius 2 is 1.81 bits per heavy atom. The third-order valence-electron chi connectivity index (χ3n) is 1.77. The van der Waals surface area contributed by atoms with Crippen LogP contribution in [0.25, 0.3) is 6.08 Å². The molecule has 78 valence electrons. The van der Waals surface area contributed by atoms with Crippen molar-refractivity contribution in [3.05, 3.63) is 35.9 Å². The van der Waals surface area contributed by atoms with Crippen LogP contribution in [-0.2, 0) is 4.79 Å². The molecule has 0 aromatic heterocycles. The summed E-state index contributed by atoms with van der Waals surface area (Å²) in [6.07, 6.45) is 5.84. The molecule has 0 amide bonds. The van der Waals surface area contributed by atoms with Crippen molar-refractivity contribution >= 4 is 17.7 Å². The number of rotatable bonds is 3. The molecule has 16 heavy (non-hydrogen) atoms. The number of nitriles is 2. The molecule has 1 aromatic rings. The Morgan fingerprint density at radius 3 is 2.25 bits per heavy atom. The van der Waals surface area contributed by atoms with Crippen LogP contribution >= 0.6 is 0 Å². The first-order valence-corrected chi connectivity index (χ1v) is 4.28. The molecular weight excluding hydrogens is 206 g/mol. The predicted molar refractivity (Wildman–Crippen MR) is 56.8 cm³/mol. The number of hydrogen-bond acceptors (Lipinski definition) is 4. The number of nitrogens with zero attached hydrogens (tertiary/aromatic N) is 3. The fourth-order valence-electron chi connectivity index (χ4n) is 1.04. The molecule has 1 aromatic carbocycles. The third kappa shape index (κ3) is 2.86. The molecular formula is C11H7N3O2. The zero-order valence-corrected chi connectivity index (χ0v) is 8.16. The second-order valence-electron chi connectivity index (χ2n) is 2.80. The summed E-state index contributed by atoms with van der Waals surface area (Å²) in [6, 6.07) is 6.37. The van der Waals surface area contributed by atoms with Gasteiger partial charge in [-0.2, -0.15) is 15.4 Å².